The summed E-state index contributed by atoms with van der Waals surface area (Å²) in [6, 6.07) is 6.13. The predicted molar refractivity (Wildman–Crippen MR) is 67.2 cm³/mol. The van der Waals surface area contributed by atoms with Gasteiger partial charge in [-0.3, -0.25) is 4.79 Å². The van der Waals surface area contributed by atoms with Crippen LogP contribution in [-0.4, -0.2) is 25.2 Å². The minimum absolute atomic E-state index is 0.0570. The third-order valence-corrected chi connectivity index (χ3v) is 5.35. The first-order chi connectivity index (χ1) is 8.31. The summed E-state index contributed by atoms with van der Waals surface area (Å²) >= 11 is 0. The third kappa shape index (κ3) is 3.10. The van der Waals surface area contributed by atoms with Crippen LogP contribution < -0.4 is 0 Å². The second kappa shape index (κ2) is 4.39. The third-order valence-electron chi connectivity index (χ3n) is 3.28. The molecule has 0 aromatic heterocycles. The average molecular weight is 268 g/mol. The van der Waals surface area contributed by atoms with Crippen molar-refractivity contribution in [3.05, 3.63) is 29.8 Å². The molecule has 0 aliphatic heterocycles. The normalized spacial score (nSPS) is 17.4. The van der Waals surface area contributed by atoms with Crippen molar-refractivity contribution in [2.75, 3.05) is 5.75 Å². The van der Waals surface area contributed by atoms with Crippen molar-refractivity contribution in [2.24, 2.45) is 5.41 Å². The molecule has 1 fully saturated rings. The maximum atomic E-state index is 12.1. The molecule has 0 unspecified atom stereocenters. The van der Waals surface area contributed by atoms with Crippen molar-refractivity contribution in [3.63, 3.8) is 0 Å². The quantitative estimate of drug-likeness (QED) is 0.885. The first kappa shape index (κ1) is 13.1. The van der Waals surface area contributed by atoms with Crippen LogP contribution in [0, 0.1) is 5.41 Å². The van der Waals surface area contributed by atoms with Gasteiger partial charge in [-0.25, -0.2) is 8.42 Å². The lowest BCUT2D eigenvalue weighted by atomic mass is 10.2. The molecule has 0 heterocycles. The van der Waals surface area contributed by atoms with E-state index in [9.17, 15) is 13.2 Å². The number of rotatable bonds is 5. The first-order valence-electron chi connectivity index (χ1n) is 5.84. The highest BCUT2D eigenvalue weighted by molar-refractivity contribution is 7.91. The number of hydrogen-bond acceptors (Lipinski definition) is 3. The molecule has 0 amide bonds. The fraction of sp³-hybridized carbons (Fsp3) is 0.462. The van der Waals surface area contributed by atoms with Gasteiger partial charge in [0.15, 0.2) is 9.84 Å². The molecular formula is C13H16O4S. The monoisotopic (exact) mass is 268 g/mol. The second-order valence-electron chi connectivity index (χ2n) is 5.28. The summed E-state index contributed by atoms with van der Waals surface area (Å²) in [7, 11) is -3.25. The zero-order chi connectivity index (χ0) is 13.4. The zero-order valence-corrected chi connectivity index (χ0v) is 11.0. The Bertz CT molecular complexity index is 553. The van der Waals surface area contributed by atoms with Crippen LogP contribution in [0.3, 0.4) is 0 Å². The lowest BCUT2D eigenvalue weighted by Crippen LogP contribution is -2.14. The van der Waals surface area contributed by atoms with E-state index in [1.54, 1.807) is 12.1 Å². The maximum Gasteiger partial charge on any atom is 0.307 e. The molecule has 0 bridgehead atoms. The van der Waals surface area contributed by atoms with Crippen LogP contribution in [0.25, 0.3) is 0 Å². The van der Waals surface area contributed by atoms with E-state index in [0.717, 1.165) is 12.8 Å². The van der Waals surface area contributed by atoms with Crippen molar-refractivity contribution in [1.29, 1.82) is 0 Å². The molecule has 1 aliphatic rings. The highest BCUT2D eigenvalue weighted by atomic mass is 32.2. The van der Waals surface area contributed by atoms with Crippen LogP contribution in [-0.2, 0) is 21.1 Å². The largest absolute Gasteiger partial charge is 0.481 e. The van der Waals surface area contributed by atoms with E-state index in [-0.39, 0.29) is 22.5 Å². The molecule has 0 saturated heterocycles. The Morgan fingerprint density at radius 1 is 1.28 bits per heavy atom. The molecule has 0 radical (unpaired) electrons. The average Bonchev–Trinajstić information content (AvgIpc) is 2.94. The molecule has 0 spiro atoms. The summed E-state index contributed by atoms with van der Waals surface area (Å²) < 4.78 is 24.2. The van der Waals surface area contributed by atoms with Gasteiger partial charge in [0.2, 0.25) is 0 Å². The molecule has 1 N–H and O–H groups in total. The van der Waals surface area contributed by atoms with Crippen molar-refractivity contribution in [3.8, 4) is 0 Å². The summed E-state index contributed by atoms with van der Waals surface area (Å²) in [5, 5.41) is 8.64. The topological polar surface area (TPSA) is 71.4 Å². The van der Waals surface area contributed by atoms with Crippen LogP contribution in [0.1, 0.15) is 25.3 Å². The predicted octanol–water partition coefficient (Wildman–Crippen LogP) is 1.89. The molecule has 98 valence electrons. The summed E-state index contributed by atoms with van der Waals surface area (Å²) in [5.74, 6) is -0.741. The fourth-order valence-corrected chi connectivity index (χ4v) is 3.81. The summed E-state index contributed by atoms with van der Waals surface area (Å²) in [4.78, 5) is 10.8. The van der Waals surface area contributed by atoms with E-state index >= 15 is 0 Å². The van der Waals surface area contributed by atoms with Crippen LogP contribution in [0.2, 0.25) is 0 Å². The SMILES string of the molecule is CC1(CS(=O)(=O)c2ccc(CC(=O)O)cc2)CC1. The molecule has 1 saturated carbocycles. The molecule has 18 heavy (non-hydrogen) atoms. The van der Waals surface area contributed by atoms with Crippen molar-refractivity contribution >= 4 is 15.8 Å². The van der Waals surface area contributed by atoms with Gasteiger partial charge in [0.05, 0.1) is 17.1 Å². The second-order valence-corrected chi connectivity index (χ2v) is 7.27. The van der Waals surface area contributed by atoms with E-state index in [1.807, 2.05) is 6.92 Å². The highest BCUT2D eigenvalue weighted by Crippen LogP contribution is 2.46. The number of carboxylic acids is 1. The Labute approximate surface area is 107 Å². The van der Waals surface area contributed by atoms with Gasteiger partial charge in [0.1, 0.15) is 0 Å². The summed E-state index contributed by atoms with van der Waals surface area (Å²) in [6.07, 6.45) is 1.84. The Morgan fingerprint density at radius 3 is 2.28 bits per heavy atom. The minimum atomic E-state index is -3.25. The molecule has 4 nitrogen and oxygen atoms in total. The Kier molecular flexibility index (Phi) is 3.19. The summed E-state index contributed by atoms with van der Waals surface area (Å²) in [5.41, 5.74) is 0.553. The number of hydrogen-bond donors (Lipinski definition) is 1. The van der Waals surface area contributed by atoms with Gasteiger partial charge in [0, 0.05) is 0 Å². The van der Waals surface area contributed by atoms with Gasteiger partial charge in [-0.15, -0.1) is 0 Å². The number of carbonyl (C=O) groups is 1. The maximum absolute atomic E-state index is 12.1. The molecule has 1 aliphatic carbocycles. The van der Waals surface area contributed by atoms with Crippen molar-refractivity contribution < 1.29 is 18.3 Å². The van der Waals surface area contributed by atoms with E-state index in [2.05, 4.69) is 0 Å². The summed E-state index contributed by atoms with van der Waals surface area (Å²) in [6.45, 7) is 1.98. The lowest BCUT2D eigenvalue weighted by molar-refractivity contribution is -0.136. The van der Waals surface area contributed by atoms with Crippen molar-refractivity contribution in [1.82, 2.24) is 0 Å². The Balaban J connectivity index is 2.15. The minimum Gasteiger partial charge on any atom is -0.481 e. The van der Waals surface area contributed by atoms with E-state index in [4.69, 9.17) is 5.11 Å². The van der Waals surface area contributed by atoms with Crippen LogP contribution >= 0.6 is 0 Å². The molecular weight excluding hydrogens is 252 g/mol. The van der Waals surface area contributed by atoms with E-state index in [1.165, 1.54) is 12.1 Å². The van der Waals surface area contributed by atoms with E-state index in [0.29, 0.717) is 5.56 Å². The van der Waals surface area contributed by atoms with Gasteiger partial charge in [-0.1, -0.05) is 19.1 Å². The highest BCUT2D eigenvalue weighted by Gasteiger charge is 2.41. The van der Waals surface area contributed by atoms with Gasteiger partial charge in [-0.2, -0.15) is 0 Å². The smallest absolute Gasteiger partial charge is 0.307 e. The Morgan fingerprint density at radius 2 is 1.83 bits per heavy atom. The number of carboxylic acid groups (broad SMARTS) is 1. The van der Waals surface area contributed by atoms with Gasteiger partial charge in [0.25, 0.3) is 0 Å². The number of benzene rings is 1. The molecule has 1 aromatic rings. The number of sulfone groups is 1. The van der Waals surface area contributed by atoms with E-state index < -0.39 is 15.8 Å². The molecule has 1 aromatic carbocycles. The standard InChI is InChI=1S/C13H16O4S/c1-13(6-7-13)9-18(16,17)11-4-2-10(3-5-11)8-12(14)15/h2-5H,6-9H2,1H3,(H,14,15). The van der Waals surface area contributed by atoms with Gasteiger partial charge >= 0.3 is 5.97 Å². The van der Waals surface area contributed by atoms with Crippen LogP contribution in [0.15, 0.2) is 29.2 Å². The fourth-order valence-electron chi connectivity index (χ4n) is 1.89. The lowest BCUT2D eigenvalue weighted by Gasteiger charge is -2.09. The molecule has 0 atom stereocenters. The van der Waals surface area contributed by atoms with Gasteiger partial charge in [-0.05, 0) is 36.0 Å². The van der Waals surface area contributed by atoms with Crippen LogP contribution in [0.5, 0.6) is 0 Å². The molecule has 2 rings (SSSR count). The number of aliphatic carboxylic acids is 1. The first-order valence-corrected chi connectivity index (χ1v) is 7.50. The zero-order valence-electron chi connectivity index (χ0n) is 10.2. The Hall–Kier alpha value is -1.36. The van der Waals surface area contributed by atoms with Crippen molar-refractivity contribution in [2.45, 2.75) is 31.1 Å². The van der Waals surface area contributed by atoms with Crippen LogP contribution in [0.4, 0.5) is 0 Å². The molecule has 5 heteroatoms. The van der Waals surface area contributed by atoms with Gasteiger partial charge < -0.3 is 5.11 Å².